The molecule has 0 atom stereocenters. The molecule has 0 spiro atoms. The smallest absolute Gasteiger partial charge is 0.273 e. The van der Waals surface area contributed by atoms with Crippen LogP contribution in [0.15, 0.2) is 55.1 Å². The molecular formula is C21H20N2O4. The number of nitro benzene ring substituents is 1. The first-order valence-corrected chi connectivity index (χ1v) is 8.33. The van der Waals surface area contributed by atoms with Crippen molar-refractivity contribution >= 4 is 11.6 Å². The van der Waals surface area contributed by atoms with Gasteiger partial charge in [0.2, 0.25) is 0 Å². The van der Waals surface area contributed by atoms with Crippen LogP contribution in [-0.4, -0.2) is 24.0 Å². The molecule has 0 aromatic heterocycles. The molecule has 0 radical (unpaired) electrons. The molecule has 1 N–H and O–H groups in total. The van der Waals surface area contributed by atoms with Gasteiger partial charge in [-0.2, -0.15) is 0 Å². The van der Waals surface area contributed by atoms with E-state index in [2.05, 4.69) is 23.7 Å². The van der Waals surface area contributed by atoms with Crippen LogP contribution in [0.1, 0.15) is 21.5 Å². The summed E-state index contributed by atoms with van der Waals surface area (Å²) in [6.07, 6.45) is 2.52. The van der Waals surface area contributed by atoms with Gasteiger partial charge in [-0.1, -0.05) is 42.2 Å². The summed E-state index contributed by atoms with van der Waals surface area (Å²) in [5, 5.41) is 13.6. The van der Waals surface area contributed by atoms with Crippen molar-refractivity contribution in [2.75, 3.05) is 13.2 Å². The SMILES string of the molecule is C=CCc1ccccc1OCC#CCNC(=O)c1ccc(C)c([N+](=O)[O-])c1. The Bertz CT molecular complexity index is 910. The Morgan fingerprint density at radius 2 is 2.07 bits per heavy atom. The van der Waals surface area contributed by atoms with Crippen molar-refractivity contribution < 1.29 is 14.5 Å². The molecule has 0 heterocycles. The van der Waals surface area contributed by atoms with Crippen LogP contribution in [0.25, 0.3) is 0 Å². The maximum atomic E-state index is 12.1. The highest BCUT2D eigenvalue weighted by Crippen LogP contribution is 2.19. The van der Waals surface area contributed by atoms with E-state index in [0.29, 0.717) is 12.0 Å². The van der Waals surface area contributed by atoms with Gasteiger partial charge >= 0.3 is 0 Å². The van der Waals surface area contributed by atoms with Gasteiger partial charge < -0.3 is 10.1 Å². The molecule has 0 aliphatic rings. The normalized spacial score (nSPS) is 9.67. The van der Waals surface area contributed by atoms with Crippen LogP contribution >= 0.6 is 0 Å². The minimum Gasteiger partial charge on any atom is -0.481 e. The maximum Gasteiger partial charge on any atom is 0.273 e. The second kappa shape index (κ2) is 9.78. The van der Waals surface area contributed by atoms with E-state index in [4.69, 9.17) is 4.74 Å². The molecule has 0 saturated heterocycles. The van der Waals surface area contributed by atoms with Crippen molar-refractivity contribution in [2.45, 2.75) is 13.3 Å². The quantitative estimate of drug-likeness (QED) is 0.353. The van der Waals surface area contributed by atoms with Gasteiger partial charge in [0, 0.05) is 17.2 Å². The zero-order chi connectivity index (χ0) is 19.6. The maximum absolute atomic E-state index is 12.1. The summed E-state index contributed by atoms with van der Waals surface area (Å²) in [6.45, 7) is 5.66. The van der Waals surface area contributed by atoms with E-state index < -0.39 is 10.8 Å². The number of hydrogen-bond acceptors (Lipinski definition) is 4. The third-order valence-corrected chi connectivity index (χ3v) is 3.77. The first-order valence-electron chi connectivity index (χ1n) is 8.33. The summed E-state index contributed by atoms with van der Waals surface area (Å²) in [5.74, 6) is 5.96. The molecule has 2 aromatic carbocycles. The van der Waals surface area contributed by atoms with Crippen molar-refractivity contribution in [1.29, 1.82) is 0 Å². The van der Waals surface area contributed by atoms with Gasteiger partial charge in [-0.3, -0.25) is 14.9 Å². The number of allylic oxidation sites excluding steroid dienone is 1. The molecule has 0 aliphatic heterocycles. The molecule has 6 heteroatoms. The van der Waals surface area contributed by atoms with E-state index in [1.807, 2.05) is 24.3 Å². The van der Waals surface area contributed by atoms with Gasteiger partial charge in [-0.25, -0.2) is 0 Å². The average Bonchev–Trinajstić information content (AvgIpc) is 2.66. The molecule has 6 nitrogen and oxygen atoms in total. The molecule has 2 rings (SSSR count). The van der Waals surface area contributed by atoms with Crippen LogP contribution in [-0.2, 0) is 6.42 Å². The number of hydrogen-bond donors (Lipinski definition) is 1. The van der Waals surface area contributed by atoms with E-state index in [9.17, 15) is 14.9 Å². The Morgan fingerprint density at radius 3 is 2.81 bits per heavy atom. The lowest BCUT2D eigenvalue weighted by Crippen LogP contribution is -2.23. The molecule has 1 amide bonds. The Morgan fingerprint density at radius 1 is 1.30 bits per heavy atom. The summed E-state index contributed by atoms with van der Waals surface area (Å²) in [5.41, 5.74) is 1.68. The van der Waals surface area contributed by atoms with E-state index >= 15 is 0 Å². The van der Waals surface area contributed by atoms with Crippen LogP contribution in [0, 0.1) is 28.9 Å². The van der Waals surface area contributed by atoms with Crippen molar-refractivity contribution in [3.8, 4) is 17.6 Å². The predicted molar refractivity (Wildman–Crippen MR) is 104 cm³/mol. The van der Waals surface area contributed by atoms with E-state index in [1.165, 1.54) is 6.07 Å². The van der Waals surface area contributed by atoms with Gasteiger partial charge in [-0.05, 0) is 31.0 Å². The summed E-state index contributed by atoms with van der Waals surface area (Å²) in [7, 11) is 0. The summed E-state index contributed by atoms with van der Waals surface area (Å²) in [6, 6.07) is 12.0. The molecule has 0 fully saturated rings. The van der Waals surface area contributed by atoms with Gasteiger partial charge in [0.05, 0.1) is 11.5 Å². The standard InChI is InChI=1S/C21H20N2O4/c1-3-8-17-9-4-5-10-20(17)27-14-7-6-13-22-21(24)18-12-11-16(2)19(15-18)23(25)26/h3-5,9-12,15H,1,8,13-14H2,2H3,(H,22,24). The Hall–Kier alpha value is -3.59. The minimum absolute atomic E-state index is 0.0830. The largest absolute Gasteiger partial charge is 0.481 e. The average molecular weight is 364 g/mol. The fourth-order valence-corrected chi connectivity index (χ4v) is 2.37. The monoisotopic (exact) mass is 364 g/mol. The molecule has 138 valence electrons. The van der Waals surface area contributed by atoms with Crippen LogP contribution < -0.4 is 10.1 Å². The molecule has 27 heavy (non-hydrogen) atoms. The number of rotatable bonds is 7. The summed E-state index contributed by atoms with van der Waals surface area (Å²) in [4.78, 5) is 22.5. The highest BCUT2D eigenvalue weighted by molar-refractivity contribution is 5.95. The van der Waals surface area contributed by atoms with Crippen molar-refractivity contribution in [1.82, 2.24) is 5.32 Å². The number of nitrogens with zero attached hydrogens (tertiary/aromatic N) is 1. The third-order valence-electron chi connectivity index (χ3n) is 3.77. The number of carbonyl (C=O) groups is 1. The Kier molecular flexibility index (Phi) is 7.15. The van der Waals surface area contributed by atoms with Crippen LogP contribution in [0.2, 0.25) is 0 Å². The van der Waals surface area contributed by atoms with E-state index in [1.54, 1.807) is 25.1 Å². The molecule has 0 aliphatic carbocycles. The first-order chi connectivity index (χ1) is 13.0. The van der Waals surface area contributed by atoms with Crippen LogP contribution in [0.3, 0.4) is 0 Å². The van der Waals surface area contributed by atoms with Crippen molar-refractivity contribution in [3.63, 3.8) is 0 Å². The second-order valence-corrected chi connectivity index (χ2v) is 5.68. The molecular weight excluding hydrogens is 344 g/mol. The van der Waals surface area contributed by atoms with Crippen molar-refractivity contribution in [3.05, 3.63) is 81.9 Å². The lowest BCUT2D eigenvalue weighted by molar-refractivity contribution is -0.385. The van der Waals surface area contributed by atoms with Crippen LogP contribution in [0.5, 0.6) is 5.75 Å². The highest BCUT2D eigenvalue weighted by atomic mass is 16.6. The van der Waals surface area contributed by atoms with E-state index in [-0.39, 0.29) is 24.4 Å². The fourth-order valence-electron chi connectivity index (χ4n) is 2.37. The fraction of sp³-hybridized carbons (Fsp3) is 0.190. The lowest BCUT2D eigenvalue weighted by atomic mass is 10.1. The van der Waals surface area contributed by atoms with E-state index in [0.717, 1.165) is 11.3 Å². The number of amides is 1. The lowest BCUT2D eigenvalue weighted by Gasteiger charge is -2.07. The molecule has 0 saturated carbocycles. The Labute approximate surface area is 158 Å². The van der Waals surface area contributed by atoms with Crippen molar-refractivity contribution in [2.24, 2.45) is 0 Å². The number of nitrogens with one attached hydrogen (secondary N) is 1. The predicted octanol–water partition coefficient (Wildman–Crippen LogP) is 3.44. The first kappa shape index (κ1) is 19.7. The number of benzene rings is 2. The summed E-state index contributed by atoms with van der Waals surface area (Å²) >= 11 is 0. The minimum atomic E-state index is -0.506. The molecule has 2 aromatic rings. The van der Waals surface area contributed by atoms with Gasteiger partial charge in [0.15, 0.2) is 0 Å². The zero-order valence-electron chi connectivity index (χ0n) is 15.0. The number of carbonyl (C=O) groups excluding carboxylic acids is 1. The molecule has 0 unspecified atom stereocenters. The summed E-state index contributed by atoms with van der Waals surface area (Å²) < 4.78 is 5.63. The number of nitro groups is 1. The highest BCUT2D eigenvalue weighted by Gasteiger charge is 2.14. The third kappa shape index (κ3) is 5.72. The number of aryl methyl sites for hydroxylation is 1. The number of para-hydroxylation sites is 1. The number of ether oxygens (including phenoxy) is 1. The van der Waals surface area contributed by atoms with Gasteiger partial charge in [0.1, 0.15) is 12.4 Å². The van der Waals surface area contributed by atoms with Crippen LogP contribution in [0.4, 0.5) is 5.69 Å². The van der Waals surface area contributed by atoms with Gasteiger partial charge in [0.25, 0.3) is 11.6 Å². The Balaban J connectivity index is 1.85. The topological polar surface area (TPSA) is 81.5 Å². The molecule has 0 bridgehead atoms. The van der Waals surface area contributed by atoms with Gasteiger partial charge in [-0.15, -0.1) is 6.58 Å². The zero-order valence-corrected chi connectivity index (χ0v) is 15.0. The second-order valence-electron chi connectivity index (χ2n) is 5.68.